The van der Waals surface area contributed by atoms with Gasteiger partial charge in [-0.15, -0.1) is 0 Å². The fourth-order valence-corrected chi connectivity index (χ4v) is 7.05. The van der Waals surface area contributed by atoms with Crippen LogP contribution in [0.1, 0.15) is 5.56 Å². The molecule has 1 fully saturated rings. The molecule has 0 saturated carbocycles. The predicted octanol–water partition coefficient (Wildman–Crippen LogP) is 4.41. The van der Waals surface area contributed by atoms with Gasteiger partial charge < -0.3 is 4.90 Å². The summed E-state index contributed by atoms with van der Waals surface area (Å²) in [5, 5.41) is 1.84. The van der Waals surface area contributed by atoms with Gasteiger partial charge in [-0.1, -0.05) is 41.0 Å². The monoisotopic (exact) mass is 444 g/mol. The fourth-order valence-electron chi connectivity index (χ4n) is 3.34. The third kappa shape index (κ3) is 3.83. The number of hydrogen-bond acceptors (Lipinski definition) is 5. The zero-order chi connectivity index (χ0) is 19.2. The van der Waals surface area contributed by atoms with Crippen molar-refractivity contribution in [3.05, 3.63) is 63.9 Å². The molecular weight excluding hydrogens is 430 g/mol. The van der Waals surface area contributed by atoms with Gasteiger partial charge in [-0.05, 0) is 42.0 Å². The Balaban J connectivity index is 1.64. The molecule has 0 amide bonds. The summed E-state index contributed by atoms with van der Waals surface area (Å²) in [4.78, 5) is 6.54. The van der Waals surface area contributed by atoms with E-state index in [9.17, 15) is 12.8 Å². The van der Waals surface area contributed by atoms with E-state index in [1.807, 2.05) is 4.90 Å². The van der Waals surface area contributed by atoms with Crippen molar-refractivity contribution in [2.75, 3.05) is 16.4 Å². The zero-order valence-corrected chi connectivity index (χ0v) is 17.1. The Morgan fingerprint density at radius 2 is 1.78 bits per heavy atom. The minimum Gasteiger partial charge on any atom is -0.315 e. The van der Waals surface area contributed by atoms with E-state index in [4.69, 9.17) is 23.2 Å². The van der Waals surface area contributed by atoms with Gasteiger partial charge in [0.1, 0.15) is 5.82 Å². The van der Waals surface area contributed by atoms with E-state index in [0.29, 0.717) is 21.0 Å². The number of anilines is 1. The van der Waals surface area contributed by atoms with E-state index in [1.54, 1.807) is 30.3 Å². The number of halogens is 3. The van der Waals surface area contributed by atoms with Crippen molar-refractivity contribution >= 4 is 55.7 Å². The topological polar surface area (TPSA) is 49.7 Å². The first-order valence-corrected chi connectivity index (χ1v) is 11.8. The van der Waals surface area contributed by atoms with Crippen molar-refractivity contribution in [1.29, 1.82) is 0 Å². The van der Waals surface area contributed by atoms with Crippen molar-refractivity contribution in [3.8, 4) is 0 Å². The van der Waals surface area contributed by atoms with Crippen LogP contribution in [0.5, 0.6) is 0 Å². The number of thioether (sulfide) groups is 1. The number of hydrogen-bond donors (Lipinski definition) is 0. The van der Waals surface area contributed by atoms with E-state index in [-0.39, 0.29) is 29.4 Å². The average molecular weight is 445 g/mol. The Morgan fingerprint density at radius 1 is 1.11 bits per heavy atom. The summed E-state index contributed by atoms with van der Waals surface area (Å²) in [5.41, 5.74) is 1.52. The molecule has 2 heterocycles. The van der Waals surface area contributed by atoms with Gasteiger partial charge in [0.2, 0.25) is 0 Å². The minimum atomic E-state index is -3.13. The highest BCUT2D eigenvalue weighted by atomic mass is 35.5. The Kier molecular flexibility index (Phi) is 5.14. The molecule has 2 aliphatic rings. The van der Waals surface area contributed by atoms with Crippen LogP contribution in [0, 0.1) is 5.82 Å². The maximum atomic E-state index is 13.3. The Hall–Kier alpha value is -1.28. The van der Waals surface area contributed by atoms with E-state index in [0.717, 1.165) is 11.3 Å². The molecule has 142 valence electrons. The second-order valence-corrected chi connectivity index (χ2v) is 10.4. The maximum Gasteiger partial charge on any atom is 0.164 e. The molecule has 0 N–H and O–H groups in total. The van der Waals surface area contributed by atoms with Gasteiger partial charge in [0.05, 0.1) is 23.6 Å². The minimum absolute atomic E-state index is 0.0340. The molecule has 1 saturated heterocycles. The lowest BCUT2D eigenvalue weighted by Gasteiger charge is -2.26. The first-order valence-electron chi connectivity index (χ1n) is 8.23. The largest absolute Gasteiger partial charge is 0.315 e. The van der Waals surface area contributed by atoms with Gasteiger partial charge in [0.25, 0.3) is 0 Å². The summed E-state index contributed by atoms with van der Waals surface area (Å²) in [6.07, 6.45) is 0. The standard InChI is InChI=1S/C18H15Cl2FN2O2S2/c19-14-2-1-3-15(20)13(14)8-26-18-22-16-9-27(24,25)10-17(16)23(18)12-6-4-11(21)5-7-12/h1-7,16-17H,8-10H2/t16-,17-/m0/s1. The fraction of sp³-hybridized carbons (Fsp3) is 0.278. The third-order valence-electron chi connectivity index (χ3n) is 4.62. The molecule has 2 aromatic rings. The van der Waals surface area contributed by atoms with Crippen molar-refractivity contribution < 1.29 is 12.8 Å². The van der Waals surface area contributed by atoms with Crippen molar-refractivity contribution in [2.24, 2.45) is 4.99 Å². The van der Waals surface area contributed by atoms with Crippen molar-refractivity contribution in [1.82, 2.24) is 0 Å². The summed E-state index contributed by atoms with van der Waals surface area (Å²) in [6, 6.07) is 10.7. The lowest BCUT2D eigenvalue weighted by atomic mass is 10.1. The molecule has 4 nitrogen and oxygen atoms in total. The molecule has 2 atom stereocenters. The second-order valence-electron chi connectivity index (χ2n) is 6.46. The molecule has 2 aliphatic heterocycles. The normalized spacial score (nSPS) is 23.4. The van der Waals surface area contributed by atoms with Crippen LogP contribution in [0.2, 0.25) is 10.0 Å². The van der Waals surface area contributed by atoms with Crippen LogP contribution in [-0.4, -0.2) is 37.2 Å². The number of rotatable bonds is 3. The summed E-state index contributed by atoms with van der Waals surface area (Å²) < 4.78 is 37.4. The van der Waals surface area contributed by atoms with Crippen LogP contribution in [0.15, 0.2) is 47.5 Å². The highest BCUT2D eigenvalue weighted by molar-refractivity contribution is 8.13. The number of benzene rings is 2. The molecule has 0 unspecified atom stereocenters. The number of fused-ring (bicyclic) bond motifs is 1. The lowest BCUT2D eigenvalue weighted by molar-refractivity contribution is 0.601. The third-order valence-corrected chi connectivity index (χ3v) is 8.02. The predicted molar refractivity (Wildman–Crippen MR) is 110 cm³/mol. The van der Waals surface area contributed by atoms with E-state index >= 15 is 0 Å². The molecule has 0 radical (unpaired) electrons. The zero-order valence-electron chi connectivity index (χ0n) is 14.0. The van der Waals surface area contributed by atoms with Crippen molar-refractivity contribution in [3.63, 3.8) is 0 Å². The van der Waals surface area contributed by atoms with Gasteiger partial charge in [0.15, 0.2) is 15.0 Å². The average Bonchev–Trinajstić information content (AvgIpc) is 3.06. The van der Waals surface area contributed by atoms with Crippen LogP contribution in [0.4, 0.5) is 10.1 Å². The van der Waals surface area contributed by atoms with Crippen LogP contribution in [0.25, 0.3) is 0 Å². The second kappa shape index (κ2) is 7.28. The number of aliphatic imine (C=N–C) groups is 1. The molecular formula is C18H15Cl2FN2O2S2. The smallest absolute Gasteiger partial charge is 0.164 e. The summed E-state index contributed by atoms with van der Waals surface area (Å²) in [6.45, 7) is 0. The van der Waals surface area contributed by atoms with Gasteiger partial charge in [-0.2, -0.15) is 0 Å². The molecule has 4 rings (SSSR count). The van der Waals surface area contributed by atoms with E-state index in [2.05, 4.69) is 4.99 Å². The van der Waals surface area contributed by atoms with Gasteiger partial charge in [-0.3, -0.25) is 4.99 Å². The first-order chi connectivity index (χ1) is 12.8. The first kappa shape index (κ1) is 19.1. The number of sulfone groups is 1. The van der Waals surface area contributed by atoms with Gasteiger partial charge in [0, 0.05) is 21.5 Å². The summed E-state index contributed by atoms with van der Waals surface area (Å²) >= 11 is 13.9. The molecule has 9 heteroatoms. The number of nitrogens with zero attached hydrogens (tertiary/aromatic N) is 2. The van der Waals surface area contributed by atoms with Crippen LogP contribution in [-0.2, 0) is 15.6 Å². The summed E-state index contributed by atoms with van der Waals surface area (Å²) in [5.74, 6) is 0.227. The molecule has 2 aromatic carbocycles. The van der Waals surface area contributed by atoms with E-state index < -0.39 is 9.84 Å². The van der Waals surface area contributed by atoms with Gasteiger partial charge >= 0.3 is 0 Å². The van der Waals surface area contributed by atoms with Crippen LogP contribution in [0.3, 0.4) is 0 Å². The Bertz CT molecular complexity index is 992. The number of amidine groups is 1. The van der Waals surface area contributed by atoms with Gasteiger partial charge in [-0.25, -0.2) is 12.8 Å². The quantitative estimate of drug-likeness (QED) is 0.703. The lowest BCUT2D eigenvalue weighted by Crippen LogP contribution is -2.39. The highest BCUT2D eigenvalue weighted by Gasteiger charge is 2.47. The molecule has 0 aromatic heterocycles. The molecule has 0 aliphatic carbocycles. The highest BCUT2D eigenvalue weighted by Crippen LogP contribution is 2.37. The molecule has 0 bridgehead atoms. The maximum absolute atomic E-state index is 13.3. The Morgan fingerprint density at radius 3 is 2.44 bits per heavy atom. The molecule has 27 heavy (non-hydrogen) atoms. The SMILES string of the molecule is O=S1(=O)C[C@@H]2N=C(SCc3c(Cl)cccc3Cl)N(c3ccc(F)cc3)[C@H]2C1. The summed E-state index contributed by atoms with van der Waals surface area (Å²) in [7, 11) is -3.13. The van der Waals surface area contributed by atoms with Crippen molar-refractivity contribution in [2.45, 2.75) is 17.8 Å². The van der Waals surface area contributed by atoms with E-state index in [1.165, 1.54) is 23.9 Å². The van der Waals surface area contributed by atoms with Crippen LogP contribution >= 0.6 is 35.0 Å². The Labute approximate surface area is 171 Å². The molecule has 0 spiro atoms. The van der Waals surface area contributed by atoms with Crippen LogP contribution < -0.4 is 4.90 Å².